The summed E-state index contributed by atoms with van der Waals surface area (Å²) in [6, 6.07) is 0.0914. The van der Waals surface area contributed by atoms with E-state index in [1.54, 1.807) is 0 Å². The van der Waals surface area contributed by atoms with Gasteiger partial charge in [0.25, 0.3) is 0 Å². The fourth-order valence-electron chi connectivity index (χ4n) is 1.41. The number of unbranched alkanes of at least 4 members (excludes halogenated alkanes) is 3. The van der Waals surface area contributed by atoms with Crippen molar-refractivity contribution in [2.45, 2.75) is 45.1 Å². The van der Waals surface area contributed by atoms with Gasteiger partial charge in [-0.3, -0.25) is 4.79 Å². The summed E-state index contributed by atoms with van der Waals surface area (Å²) >= 11 is 1.90. The monoisotopic (exact) mass is 233 g/mol. The molecule has 0 aliphatic rings. The maximum absolute atomic E-state index is 10.4. The minimum Gasteiger partial charge on any atom is -0.481 e. The lowest BCUT2D eigenvalue weighted by Gasteiger charge is -2.10. The van der Waals surface area contributed by atoms with E-state index in [0.717, 1.165) is 13.0 Å². The summed E-state index contributed by atoms with van der Waals surface area (Å²) in [5.74, 6) is 0.526. The smallest absolute Gasteiger partial charge is 0.304 e. The molecule has 0 heterocycles. The van der Waals surface area contributed by atoms with Gasteiger partial charge in [-0.05, 0) is 38.3 Å². The van der Waals surface area contributed by atoms with Gasteiger partial charge in [-0.15, -0.1) is 0 Å². The zero-order valence-electron chi connectivity index (χ0n) is 9.79. The lowest BCUT2D eigenvalue weighted by atomic mass is 10.2. The lowest BCUT2D eigenvalue weighted by Crippen LogP contribution is -2.29. The molecule has 0 aliphatic carbocycles. The van der Waals surface area contributed by atoms with Gasteiger partial charge >= 0.3 is 5.97 Å². The van der Waals surface area contributed by atoms with Gasteiger partial charge in [-0.1, -0.05) is 12.8 Å². The first-order valence-electron chi connectivity index (χ1n) is 5.61. The van der Waals surface area contributed by atoms with Crippen LogP contribution in [0, 0.1) is 0 Å². The Bertz CT molecular complexity index is 165. The Labute approximate surface area is 97.0 Å². The van der Waals surface area contributed by atoms with E-state index in [4.69, 9.17) is 5.11 Å². The molecule has 0 fully saturated rings. The highest BCUT2D eigenvalue weighted by molar-refractivity contribution is 7.98. The summed E-state index contributed by atoms with van der Waals surface area (Å²) in [5.41, 5.74) is 0. The van der Waals surface area contributed by atoms with Gasteiger partial charge < -0.3 is 10.4 Å². The Hall–Kier alpha value is -0.220. The molecule has 0 aromatic rings. The van der Waals surface area contributed by atoms with E-state index in [9.17, 15) is 4.79 Å². The van der Waals surface area contributed by atoms with Crippen LogP contribution in [0.1, 0.15) is 39.0 Å². The third kappa shape index (κ3) is 11.7. The van der Waals surface area contributed by atoms with Crippen LogP contribution >= 0.6 is 11.8 Å². The highest BCUT2D eigenvalue weighted by atomic mass is 32.2. The molecule has 0 spiro atoms. The number of carbonyl (C=O) groups is 1. The number of hydrogen-bond acceptors (Lipinski definition) is 3. The van der Waals surface area contributed by atoms with Gasteiger partial charge in [-0.25, -0.2) is 0 Å². The molecule has 0 bridgehead atoms. The number of rotatable bonds is 10. The molecule has 1 atom stereocenters. The topological polar surface area (TPSA) is 49.3 Å². The van der Waals surface area contributed by atoms with Crippen molar-refractivity contribution in [2.24, 2.45) is 0 Å². The maximum Gasteiger partial charge on any atom is 0.304 e. The lowest BCUT2D eigenvalue weighted by molar-refractivity contribution is -0.137. The normalized spacial score (nSPS) is 12.7. The predicted molar refractivity (Wildman–Crippen MR) is 66.6 cm³/mol. The van der Waals surface area contributed by atoms with Crippen molar-refractivity contribution in [2.75, 3.05) is 18.6 Å². The van der Waals surface area contributed by atoms with Crippen LogP contribution in [0.15, 0.2) is 0 Å². The first kappa shape index (κ1) is 14.8. The first-order chi connectivity index (χ1) is 7.16. The third-order valence-electron chi connectivity index (χ3n) is 2.25. The molecule has 0 aromatic carbocycles. The molecule has 0 saturated heterocycles. The second kappa shape index (κ2) is 10.3. The number of carboxylic acid groups (broad SMARTS) is 1. The van der Waals surface area contributed by atoms with Crippen LogP contribution in [0.25, 0.3) is 0 Å². The summed E-state index contributed by atoms with van der Waals surface area (Å²) in [6.45, 7) is 2.86. The fraction of sp³-hybridized carbons (Fsp3) is 0.909. The first-order valence-corrected chi connectivity index (χ1v) is 7.00. The molecule has 2 N–H and O–H groups in total. The zero-order valence-corrected chi connectivity index (χ0v) is 10.6. The van der Waals surface area contributed by atoms with Crippen molar-refractivity contribution >= 4 is 17.7 Å². The fourth-order valence-corrected chi connectivity index (χ4v) is 1.90. The van der Waals surface area contributed by atoms with Crippen LogP contribution < -0.4 is 5.32 Å². The number of carboxylic acids is 1. The number of thioether (sulfide) groups is 1. The molecule has 15 heavy (non-hydrogen) atoms. The van der Waals surface area contributed by atoms with Crippen LogP contribution in [0.4, 0.5) is 0 Å². The van der Waals surface area contributed by atoms with E-state index in [0.29, 0.717) is 0 Å². The Morgan fingerprint density at radius 1 is 1.33 bits per heavy atom. The predicted octanol–water partition coefficient (Wildman–Crippen LogP) is 2.36. The molecule has 0 aromatic heterocycles. The van der Waals surface area contributed by atoms with Gasteiger partial charge in [0.15, 0.2) is 0 Å². The summed E-state index contributed by atoms with van der Waals surface area (Å²) in [7, 11) is 0. The second-order valence-corrected chi connectivity index (χ2v) is 4.85. The molecule has 0 amide bonds. The highest BCUT2D eigenvalue weighted by Crippen LogP contribution is 2.04. The molecule has 0 aliphatic heterocycles. The molecule has 0 radical (unpaired) electrons. The molecule has 0 saturated carbocycles. The Morgan fingerprint density at radius 2 is 2.00 bits per heavy atom. The van der Waals surface area contributed by atoms with Gasteiger partial charge in [0, 0.05) is 6.04 Å². The molecular formula is C11H23NO2S. The van der Waals surface area contributed by atoms with Crippen molar-refractivity contribution in [1.82, 2.24) is 5.32 Å². The SMILES string of the molecule is CSCCCCCCNC(C)CC(=O)O. The van der Waals surface area contributed by atoms with Gasteiger partial charge in [0.05, 0.1) is 6.42 Å². The summed E-state index contributed by atoms with van der Waals surface area (Å²) in [4.78, 5) is 10.4. The Kier molecular flexibility index (Phi) is 10.2. The molecule has 1 unspecified atom stereocenters. The largest absolute Gasteiger partial charge is 0.481 e. The number of hydrogen-bond donors (Lipinski definition) is 2. The van der Waals surface area contributed by atoms with Crippen LogP contribution in [-0.2, 0) is 4.79 Å². The molecule has 90 valence electrons. The van der Waals surface area contributed by atoms with Gasteiger partial charge in [-0.2, -0.15) is 11.8 Å². The average molecular weight is 233 g/mol. The quantitative estimate of drug-likeness (QED) is 0.569. The van der Waals surface area contributed by atoms with E-state index in [-0.39, 0.29) is 12.5 Å². The van der Waals surface area contributed by atoms with Crippen LogP contribution in [0.5, 0.6) is 0 Å². The van der Waals surface area contributed by atoms with Crippen LogP contribution in [0.2, 0.25) is 0 Å². The highest BCUT2D eigenvalue weighted by Gasteiger charge is 2.05. The minimum absolute atomic E-state index is 0.0914. The van der Waals surface area contributed by atoms with Gasteiger partial charge in [0.2, 0.25) is 0 Å². The zero-order chi connectivity index (χ0) is 11.5. The third-order valence-corrected chi connectivity index (χ3v) is 2.95. The minimum atomic E-state index is -0.727. The van der Waals surface area contributed by atoms with Crippen molar-refractivity contribution in [3.05, 3.63) is 0 Å². The standard InChI is InChI=1S/C11H23NO2S/c1-10(9-11(13)14)12-7-5-3-4-6-8-15-2/h10,12H,3-9H2,1-2H3,(H,13,14). The molecule has 0 rings (SSSR count). The summed E-state index contributed by atoms with van der Waals surface area (Å²) in [6.07, 6.45) is 7.33. The van der Waals surface area contributed by atoms with Crippen molar-refractivity contribution in [1.29, 1.82) is 0 Å². The molecule has 4 heteroatoms. The maximum atomic E-state index is 10.4. The van der Waals surface area contributed by atoms with E-state index >= 15 is 0 Å². The molecular weight excluding hydrogens is 210 g/mol. The summed E-state index contributed by atoms with van der Waals surface area (Å²) < 4.78 is 0. The van der Waals surface area contributed by atoms with Crippen molar-refractivity contribution in [3.8, 4) is 0 Å². The van der Waals surface area contributed by atoms with Crippen molar-refractivity contribution in [3.63, 3.8) is 0 Å². The van der Waals surface area contributed by atoms with Crippen molar-refractivity contribution < 1.29 is 9.90 Å². The number of nitrogens with one attached hydrogen (secondary N) is 1. The van der Waals surface area contributed by atoms with Crippen LogP contribution in [0.3, 0.4) is 0 Å². The van der Waals surface area contributed by atoms with E-state index < -0.39 is 5.97 Å². The van der Waals surface area contributed by atoms with E-state index in [2.05, 4.69) is 11.6 Å². The van der Waals surface area contributed by atoms with E-state index in [1.165, 1.54) is 25.0 Å². The molecule has 3 nitrogen and oxygen atoms in total. The Morgan fingerprint density at radius 3 is 2.60 bits per heavy atom. The van der Waals surface area contributed by atoms with Crippen LogP contribution in [-0.4, -0.2) is 35.7 Å². The number of aliphatic carboxylic acids is 1. The second-order valence-electron chi connectivity index (χ2n) is 3.86. The summed E-state index contributed by atoms with van der Waals surface area (Å²) in [5, 5.41) is 11.8. The van der Waals surface area contributed by atoms with Gasteiger partial charge in [0.1, 0.15) is 0 Å². The average Bonchev–Trinajstić information content (AvgIpc) is 2.15. The Balaban J connectivity index is 3.13. The van der Waals surface area contributed by atoms with E-state index in [1.807, 2.05) is 18.7 Å².